The number of para-hydroxylation sites is 1. The molecule has 0 aliphatic carbocycles. The average molecular weight is 421 g/mol. The number of anilines is 2. The summed E-state index contributed by atoms with van der Waals surface area (Å²) in [6, 6.07) is 20.9. The van der Waals surface area contributed by atoms with Crippen molar-refractivity contribution >= 4 is 23.0 Å². The molecule has 31 heavy (non-hydrogen) atoms. The molecule has 2 N–H and O–H groups in total. The highest BCUT2D eigenvalue weighted by Crippen LogP contribution is 2.29. The third kappa shape index (κ3) is 6.46. The molecule has 0 aliphatic rings. The van der Waals surface area contributed by atoms with Crippen LogP contribution in [0.1, 0.15) is 12.5 Å². The minimum atomic E-state index is -0.432. The van der Waals surface area contributed by atoms with Crippen molar-refractivity contribution in [1.29, 1.82) is 0 Å². The summed E-state index contributed by atoms with van der Waals surface area (Å²) in [7, 11) is 0. The number of rotatable bonds is 10. The summed E-state index contributed by atoms with van der Waals surface area (Å²) in [5.74, 6) is 0.711. The molecular formula is C23H23N3O5. The maximum atomic E-state index is 12.1. The molecular weight excluding hydrogens is 398 g/mol. The van der Waals surface area contributed by atoms with Crippen molar-refractivity contribution in [2.24, 2.45) is 0 Å². The first kappa shape index (κ1) is 21.6. The molecule has 0 aromatic heterocycles. The number of nitrogens with one attached hydrogen (secondary N) is 2. The van der Waals surface area contributed by atoms with Gasteiger partial charge in [0, 0.05) is 30.1 Å². The highest BCUT2D eigenvalue weighted by atomic mass is 16.6. The van der Waals surface area contributed by atoms with E-state index in [9.17, 15) is 14.9 Å². The van der Waals surface area contributed by atoms with Crippen molar-refractivity contribution in [3.05, 3.63) is 88.5 Å². The molecule has 0 atom stereocenters. The molecule has 0 spiro atoms. The fourth-order valence-corrected chi connectivity index (χ4v) is 2.85. The van der Waals surface area contributed by atoms with Crippen LogP contribution in [0.15, 0.2) is 72.8 Å². The van der Waals surface area contributed by atoms with Gasteiger partial charge in [0.2, 0.25) is 0 Å². The summed E-state index contributed by atoms with van der Waals surface area (Å²) in [5.41, 5.74) is 2.27. The van der Waals surface area contributed by atoms with Crippen molar-refractivity contribution in [2.75, 3.05) is 23.8 Å². The Morgan fingerprint density at radius 3 is 2.45 bits per heavy atom. The number of ether oxygens (including phenoxy) is 2. The lowest BCUT2D eigenvalue weighted by Gasteiger charge is -2.14. The van der Waals surface area contributed by atoms with Crippen LogP contribution in [0.25, 0.3) is 0 Å². The molecule has 0 saturated heterocycles. The van der Waals surface area contributed by atoms with E-state index in [0.29, 0.717) is 36.0 Å². The molecule has 8 heteroatoms. The van der Waals surface area contributed by atoms with Gasteiger partial charge in [-0.25, -0.2) is 0 Å². The van der Waals surface area contributed by atoms with Gasteiger partial charge in [0.25, 0.3) is 11.6 Å². The molecule has 3 aromatic carbocycles. The van der Waals surface area contributed by atoms with Crippen LogP contribution < -0.4 is 20.1 Å². The second-order valence-electron chi connectivity index (χ2n) is 6.58. The zero-order chi connectivity index (χ0) is 22.1. The predicted molar refractivity (Wildman–Crippen MR) is 119 cm³/mol. The Labute approximate surface area is 180 Å². The van der Waals surface area contributed by atoms with Gasteiger partial charge in [-0.2, -0.15) is 0 Å². The molecule has 0 fully saturated rings. The van der Waals surface area contributed by atoms with Crippen molar-refractivity contribution in [3.8, 4) is 11.5 Å². The molecule has 0 aliphatic heterocycles. The molecule has 0 heterocycles. The molecule has 0 unspecified atom stereocenters. The van der Waals surface area contributed by atoms with Crippen LogP contribution in [-0.2, 0) is 11.3 Å². The Kier molecular flexibility index (Phi) is 7.42. The van der Waals surface area contributed by atoms with Gasteiger partial charge in [0.05, 0.1) is 11.5 Å². The van der Waals surface area contributed by atoms with Crippen LogP contribution >= 0.6 is 0 Å². The number of benzene rings is 3. The highest BCUT2D eigenvalue weighted by molar-refractivity contribution is 5.91. The average Bonchev–Trinajstić information content (AvgIpc) is 2.78. The number of nitro benzene ring substituents is 1. The number of nitro groups is 1. The number of hydrogen-bond donors (Lipinski definition) is 2. The van der Waals surface area contributed by atoms with Crippen LogP contribution in [-0.4, -0.2) is 24.0 Å². The Morgan fingerprint density at radius 2 is 1.71 bits per heavy atom. The Bertz CT molecular complexity index is 1040. The first-order chi connectivity index (χ1) is 15.0. The zero-order valence-corrected chi connectivity index (χ0v) is 17.0. The van der Waals surface area contributed by atoms with E-state index >= 15 is 0 Å². The Balaban J connectivity index is 1.61. The SMILES string of the molecule is CCOc1cc(CNc2cccc([N+](=O)[O-])c2)ccc1OCC(=O)Nc1ccccc1. The maximum absolute atomic E-state index is 12.1. The van der Waals surface area contributed by atoms with Gasteiger partial charge in [-0.05, 0) is 42.8 Å². The van der Waals surface area contributed by atoms with Gasteiger partial charge < -0.3 is 20.1 Å². The van der Waals surface area contributed by atoms with E-state index in [1.165, 1.54) is 12.1 Å². The minimum absolute atomic E-state index is 0.0255. The smallest absolute Gasteiger partial charge is 0.271 e. The van der Waals surface area contributed by atoms with E-state index in [1.54, 1.807) is 30.3 Å². The van der Waals surface area contributed by atoms with Crippen LogP contribution in [0.3, 0.4) is 0 Å². The van der Waals surface area contributed by atoms with Gasteiger partial charge in [0.1, 0.15) is 0 Å². The van der Waals surface area contributed by atoms with E-state index in [-0.39, 0.29) is 18.2 Å². The first-order valence-corrected chi connectivity index (χ1v) is 9.77. The normalized spacial score (nSPS) is 10.2. The van der Waals surface area contributed by atoms with Crippen molar-refractivity contribution in [1.82, 2.24) is 0 Å². The van der Waals surface area contributed by atoms with Crippen molar-refractivity contribution in [3.63, 3.8) is 0 Å². The molecule has 0 radical (unpaired) electrons. The third-order valence-corrected chi connectivity index (χ3v) is 4.28. The predicted octanol–water partition coefficient (Wildman–Crippen LogP) is 4.62. The standard InChI is InChI=1S/C23H23N3O5/c1-2-30-22-13-17(15-24-19-9-6-10-20(14-19)26(28)29)11-12-21(22)31-16-23(27)25-18-7-4-3-5-8-18/h3-14,24H,2,15-16H2,1H3,(H,25,27). The summed E-state index contributed by atoms with van der Waals surface area (Å²) >= 11 is 0. The highest BCUT2D eigenvalue weighted by Gasteiger charge is 2.10. The summed E-state index contributed by atoms with van der Waals surface area (Å²) < 4.78 is 11.3. The number of hydrogen-bond acceptors (Lipinski definition) is 6. The van der Waals surface area contributed by atoms with Gasteiger partial charge >= 0.3 is 0 Å². The minimum Gasteiger partial charge on any atom is -0.490 e. The monoisotopic (exact) mass is 421 g/mol. The third-order valence-electron chi connectivity index (χ3n) is 4.28. The molecule has 0 saturated carbocycles. The van der Waals surface area contributed by atoms with Crippen molar-refractivity contribution < 1.29 is 19.2 Å². The second-order valence-corrected chi connectivity index (χ2v) is 6.58. The van der Waals surface area contributed by atoms with E-state index in [4.69, 9.17) is 9.47 Å². The lowest BCUT2D eigenvalue weighted by molar-refractivity contribution is -0.384. The van der Waals surface area contributed by atoms with Gasteiger partial charge in [-0.3, -0.25) is 14.9 Å². The first-order valence-electron chi connectivity index (χ1n) is 9.77. The van der Waals surface area contributed by atoms with E-state index in [0.717, 1.165) is 5.56 Å². The number of carbonyl (C=O) groups is 1. The van der Waals surface area contributed by atoms with Gasteiger partial charge in [-0.15, -0.1) is 0 Å². The number of non-ortho nitro benzene ring substituents is 1. The summed E-state index contributed by atoms with van der Waals surface area (Å²) in [6.45, 7) is 2.59. The topological polar surface area (TPSA) is 103 Å². The zero-order valence-electron chi connectivity index (χ0n) is 17.0. The lowest BCUT2D eigenvalue weighted by atomic mass is 10.2. The molecule has 3 aromatic rings. The summed E-state index contributed by atoms with van der Waals surface area (Å²) in [4.78, 5) is 22.6. The van der Waals surface area contributed by atoms with Crippen LogP contribution in [0.4, 0.5) is 17.1 Å². The Morgan fingerprint density at radius 1 is 0.935 bits per heavy atom. The molecule has 1 amide bonds. The maximum Gasteiger partial charge on any atom is 0.271 e. The molecule has 160 valence electrons. The number of carbonyl (C=O) groups excluding carboxylic acids is 1. The van der Waals surface area contributed by atoms with E-state index in [1.807, 2.05) is 37.3 Å². The lowest BCUT2D eigenvalue weighted by Crippen LogP contribution is -2.20. The van der Waals surface area contributed by atoms with Crippen molar-refractivity contribution in [2.45, 2.75) is 13.5 Å². The van der Waals surface area contributed by atoms with Crippen LogP contribution in [0.5, 0.6) is 11.5 Å². The fourth-order valence-electron chi connectivity index (χ4n) is 2.85. The second kappa shape index (κ2) is 10.6. The molecule has 3 rings (SSSR count). The van der Waals surface area contributed by atoms with Crippen LogP contribution in [0.2, 0.25) is 0 Å². The van der Waals surface area contributed by atoms with Gasteiger partial charge in [0.15, 0.2) is 18.1 Å². The summed E-state index contributed by atoms with van der Waals surface area (Å²) in [5, 5.41) is 16.8. The van der Waals surface area contributed by atoms with E-state index < -0.39 is 4.92 Å². The number of amides is 1. The van der Waals surface area contributed by atoms with Crippen LogP contribution in [0, 0.1) is 10.1 Å². The quantitative estimate of drug-likeness (QED) is 0.366. The molecule has 8 nitrogen and oxygen atoms in total. The summed E-state index contributed by atoms with van der Waals surface area (Å²) in [6.07, 6.45) is 0. The largest absolute Gasteiger partial charge is 0.490 e. The van der Waals surface area contributed by atoms with E-state index in [2.05, 4.69) is 10.6 Å². The fraction of sp³-hybridized carbons (Fsp3) is 0.174. The Hall–Kier alpha value is -4.07. The van der Waals surface area contributed by atoms with Gasteiger partial charge in [-0.1, -0.05) is 30.3 Å². The number of nitrogens with zero attached hydrogens (tertiary/aromatic N) is 1. The molecule has 0 bridgehead atoms.